The third-order valence-electron chi connectivity index (χ3n) is 3.04. The van der Waals surface area contributed by atoms with E-state index in [0.717, 1.165) is 18.5 Å². The van der Waals surface area contributed by atoms with Crippen LogP contribution in [-0.4, -0.2) is 9.55 Å². The smallest absolute Gasteiger partial charge is 0.109 e. The second kappa shape index (κ2) is 6.65. The Balaban J connectivity index is 0.00000144. The molecule has 0 atom stereocenters. The number of imidazole rings is 1. The second-order valence-corrected chi connectivity index (χ2v) is 4.23. The zero-order chi connectivity index (χ0) is 11.4. The molecule has 1 heterocycles. The van der Waals surface area contributed by atoms with E-state index in [2.05, 4.69) is 47.7 Å². The molecule has 1 aromatic heterocycles. The van der Waals surface area contributed by atoms with E-state index in [4.69, 9.17) is 0 Å². The summed E-state index contributed by atoms with van der Waals surface area (Å²) in [5.41, 5.74) is 2.42. The number of unbranched alkanes of at least 4 members (excludes halogenated alkanes) is 2. The van der Waals surface area contributed by atoms with Crippen LogP contribution >= 0.6 is 12.4 Å². The van der Waals surface area contributed by atoms with Crippen LogP contribution in [0.3, 0.4) is 0 Å². The molecule has 0 N–H and O–H groups in total. The molecule has 94 valence electrons. The van der Waals surface area contributed by atoms with Gasteiger partial charge in [0.1, 0.15) is 5.82 Å². The van der Waals surface area contributed by atoms with E-state index in [1.165, 1.54) is 30.6 Å². The molecule has 0 aliphatic heterocycles. The van der Waals surface area contributed by atoms with Gasteiger partial charge in [0.15, 0.2) is 0 Å². The van der Waals surface area contributed by atoms with E-state index in [1.54, 1.807) is 0 Å². The molecule has 3 heteroatoms. The SMILES string of the molecule is CCCCCn1c(CC)nc2ccccc21.Cl. The van der Waals surface area contributed by atoms with Gasteiger partial charge in [-0.1, -0.05) is 38.8 Å². The molecule has 0 fully saturated rings. The van der Waals surface area contributed by atoms with Gasteiger partial charge in [-0.15, -0.1) is 12.4 Å². The highest BCUT2D eigenvalue weighted by Crippen LogP contribution is 2.17. The molecule has 0 aliphatic carbocycles. The number of aryl methyl sites for hydroxylation is 2. The Kier molecular flexibility index (Phi) is 5.49. The van der Waals surface area contributed by atoms with Crippen LogP contribution in [0.5, 0.6) is 0 Å². The molecule has 0 spiro atoms. The fraction of sp³-hybridized carbons (Fsp3) is 0.500. The number of benzene rings is 1. The van der Waals surface area contributed by atoms with Gasteiger partial charge in [-0.05, 0) is 18.6 Å². The van der Waals surface area contributed by atoms with Gasteiger partial charge in [0, 0.05) is 13.0 Å². The maximum absolute atomic E-state index is 4.67. The summed E-state index contributed by atoms with van der Waals surface area (Å²) in [7, 11) is 0. The van der Waals surface area contributed by atoms with E-state index in [-0.39, 0.29) is 12.4 Å². The lowest BCUT2D eigenvalue weighted by Crippen LogP contribution is -2.02. The van der Waals surface area contributed by atoms with Crippen molar-refractivity contribution in [3.05, 3.63) is 30.1 Å². The van der Waals surface area contributed by atoms with Crippen molar-refractivity contribution >= 4 is 23.4 Å². The summed E-state index contributed by atoms with van der Waals surface area (Å²) < 4.78 is 2.38. The highest BCUT2D eigenvalue weighted by Gasteiger charge is 2.07. The summed E-state index contributed by atoms with van der Waals surface area (Å²) in [5.74, 6) is 1.22. The second-order valence-electron chi connectivity index (χ2n) is 4.23. The molecule has 1 aromatic carbocycles. The zero-order valence-corrected chi connectivity index (χ0v) is 11.5. The van der Waals surface area contributed by atoms with Crippen LogP contribution in [0.15, 0.2) is 24.3 Å². The molecule has 2 aromatic rings. The standard InChI is InChI=1S/C14H20N2.ClH/c1-3-5-8-11-16-13-10-7-6-9-12(13)15-14(16)4-2;/h6-7,9-10H,3-5,8,11H2,1-2H3;1H. The van der Waals surface area contributed by atoms with Crippen LogP contribution in [0, 0.1) is 0 Å². The minimum Gasteiger partial charge on any atom is -0.328 e. The summed E-state index contributed by atoms with van der Waals surface area (Å²) in [6.07, 6.45) is 4.84. The van der Waals surface area contributed by atoms with E-state index in [1.807, 2.05) is 0 Å². The van der Waals surface area contributed by atoms with Crippen molar-refractivity contribution in [2.75, 3.05) is 0 Å². The topological polar surface area (TPSA) is 17.8 Å². The minimum atomic E-state index is 0. The first kappa shape index (κ1) is 14.0. The normalized spacial score (nSPS) is 10.5. The summed E-state index contributed by atoms with van der Waals surface area (Å²) in [6.45, 7) is 5.53. The first-order valence-corrected chi connectivity index (χ1v) is 6.31. The molecule has 0 saturated carbocycles. The quantitative estimate of drug-likeness (QED) is 0.729. The average molecular weight is 253 g/mol. The maximum atomic E-state index is 4.67. The Morgan fingerprint density at radius 1 is 1.12 bits per heavy atom. The molecule has 2 nitrogen and oxygen atoms in total. The number of aromatic nitrogens is 2. The van der Waals surface area contributed by atoms with Gasteiger partial charge in [0.25, 0.3) is 0 Å². The minimum absolute atomic E-state index is 0. The molecular formula is C14H21ClN2. The first-order chi connectivity index (χ1) is 7.86. The third kappa shape index (κ3) is 3.01. The predicted octanol–water partition coefficient (Wildman–Crippen LogP) is 4.21. The number of fused-ring (bicyclic) bond motifs is 1. The maximum Gasteiger partial charge on any atom is 0.109 e. The van der Waals surface area contributed by atoms with Crippen LogP contribution in [0.4, 0.5) is 0 Å². The fourth-order valence-electron chi connectivity index (χ4n) is 2.16. The van der Waals surface area contributed by atoms with Crippen LogP contribution in [0.25, 0.3) is 11.0 Å². The highest BCUT2D eigenvalue weighted by molar-refractivity contribution is 5.85. The Labute approximate surface area is 109 Å². The number of hydrogen-bond acceptors (Lipinski definition) is 1. The summed E-state index contributed by atoms with van der Waals surface area (Å²) in [6, 6.07) is 8.43. The molecule has 0 bridgehead atoms. The third-order valence-corrected chi connectivity index (χ3v) is 3.04. The van der Waals surface area contributed by atoms with E-state index < -0.39 is 0 Å². The number of para-hydroxylation sites is 2. The Morgan fingerprint density at radius 3 is 2.59 bits per heavy atom. The molecule has 2 rings (SSSR count). The summed E-state index contributed by atoms with van der Waals surface area (Å²) in [4.78, 5) is 4.67. The molecule has 0 saturated heterocycles. The monoisotopic (exact) mass is 252 g/mol. The van der Waals surface area contributed by atoms with Crippen molar-refractivity contribution in [1.29, 1.82) is 0 Å². The van der Waals surface area contributed by atoms with Crippen molar-refractivity contribution in [3.63, 3.8) is 0 Å². The molecular weight excluding hydrogens is 232 g/mol. The van der Waals surface area contributed by atoms with Crippen molar-refractivity contribution in [2.45, 2.75) is 46.1 Å². The molecule has 0 radical (unpaired) electrons. The van der Waals surface area contributed by atoms with Gasteiger partial charge in [-0.3, -0.25) is 0 Å². The van der Waals surface area contributed by atoms with E-state index in [9.17, 15) is 0 Å². The van der Waals surface area contributed by atoms with Gasteiger partial charge in [-0.25, -0.2) is 4.98 Å². The van der Waals surface area contributed by atoms with Crippen LogP contribution in [0.2, 0.25) is 0 Å². The van der Waals surface area contributed by atoms with Crippen molar-refractivity contribution in [2.24, 2.45) is 0 Å². The molecule has 17 heavy (non-hydrogen) atoms. The largest absolute Gasteiger partial charge is 0.328 e. The van der Waals surface area contributed by atoms with Gasteiger partial charge >= 0.3 is 0 Å². The number of halogens is 1. The van der Waals surface area contributed by atoms with E-state index in [0.29, 0.717) is 0 Å². The first-order valence-electron chi connectivity index (χ1n) is 6.31. The van der Waals surface area contributed by atoms with Crippen molar-refractivity contribution in [3.8, 4) is 0 Å². The zero-order valence-electron chi connectivity index (χ0n) is 10.6. The number of rotatable bonds is 5. The molecule has 0 aliphatic rings. The summed E-state index contributed by atoms with van der Waals surface area (Å²) in [5, 5.41) is 0. The highest BCUT2D eigenvalue weighted by atomic mass is 35.5. The number of nitrogens with zero attached hydrogens (tertiary/aromatic N) is 2. The Hall–Kier alpha value is -1.02. The van der Waals surface area contributed by atoms with Crippen LogP contribution in [0.1, 0.15) is 38.9 Å². The van der Waals surface area contributed by atoms with Crippen LogP contribution in [-0.2, 0) is 13.0 Å². The molecule has 0 unspecified atom stereocenters. The Bertz CT molecular complexity index is 462. The average Bonchev–Trinajstić information content (AvgIpc) is 2.68. The van der Waals surface area contributed by atoms with Crippen LogP contribution < -0.4 is 0 Å². The van der Waals surface area contributed by atoms with Crippen molar-refractivity contribution in [1.82, 2.24) is 9.55 Å². The number of hydrogen-bond donors (Lipinski definition) is 0. The lowest BCUT2D eigenvalue weighted by molar-refractivity contribution is 0.594. The fourth-order valence-corrected chi connectivity index (χ4v) is 2.16. The van der Waals surface area contributed by atoms with Gasteiger partial charge in [0.05, 0.1) is 11.0 Å². The van der Waals surface area contributed by atoms with Gasteiger partial charge in [-0.2, -0.15) is 0 Å². The summed E-state index contributed by atoms with van der Waals surface area (Å²) >= 11 is 0. The van der Waals surface area contributed by atoms with E-state index >= 15 is 0 Å². The van der Waals surface area contributed by atoms with Gasteiger partial charge in [0.2, 0.25) is 0 Å². The lowest BCUT2D eigenvalue weighted by atomic mass is 10.2. The molecule has 0 amide bonds. The predicted molar refractivity (Wildman–Crippen MR) is 75.9 cm³/mol. The van der Waals surface area contributed by atoms with Crippen molar-refractivity contribution < 1.29 is 0 Å². The lowest BCUT2D eigenvalue weighted by Gasteiger charge is -2.07. The van der Waals surface area contributed by atoms with Gasteiger partial charge < -0.3 is 4.57 Å². The Morgan fingerprint density at radius 2 is 1.88 bits per heavy atom.